The Bertz CT molecular complexity index is 1280. The lowest BCUT2D eigenvalue weighted by Crippen LogP contribution is -2.45. The molecule has 0 heterocycles. The van der Waals surface area contributed by atoms with E-state index in [-0.39, 0.29) is 18.5 Å². The van der Waals surface area contributed by atoms with E-state index in [0.29, 0.717) is 25.9 Å². The highest BCUT2D eigenvalue weighted by molar-refractivity contribution is 5.76. The minimum Gasteiger partial charge on any atom is -0.466 e. The first-order valence-electron chi connectivity index (χ1n) is 37.6. The van der Waals surface area contributed by atoms with E-state index < -0.39 is 12.1 Å². The van der Waals surface area contributed by atoms with Crippen LogP contribution in [-0.4, -0.2) is 47.4 Å². The van der Waals surface area contributed by atoms with Crippen molar-refractivity contribution in [2.24, 2.45) is 0 Å². The van der Waals surface area contributed by atoms with Crippen molar-refractivity contribution in [3.63, 3.8) is 0 Å². The third kappa shape index (κ3) is 67.5. The highest BCUT2D eigenvalue weighted by Gasteiger charge is 2.20. The number of carbonyl (C=O) groups excluding carboxylic acids is 2. The second-order valence-electron chi connectivity index (χ2n) is 26.0. The molecular weight excluding hydrogens is 1010 g/mol. The summed E-state index contributed by atoms with van der Waals surface area (Å²) in [5, 5.41) is 23.4. The fourth-order valence-electron chi connectivity index (χ4n) is 12.0. The first-order chi connectivity index (χ1) is 40.5. The summed E-state index contributed by atoms with van der Waals surface area (Å²) in [6, 6.07) is -0.543. The van der Waals surface area contributed by atoms with Crippen molar-refractivity contribution in [2.45, 2.75) is 437 Å². The van der Waals surface area contributed by atoms with Crippen LogP contribution in [0.2, 0.25) is 0 Å². The van der Waals surface area contributed by atoms with Crippen molar-refractivity contribution < 1.29 is 24.5 Å². The Kier molecular flexibility index (Phi) is 70.4. The lowest BCUT2D eigenvalue weighted by atomic mass is 10.0. The van der Waals surface area contributed by atoms with Crippen LogP contribution in [0, 0.1) is 0 Å². The fourth-order valence-corrected chi connectivity index (χ4v) is 12.0. The highest BCUT2D eigenvalue weighted by Crippen LogP contribution is 2.19. The monoisotopic (exact) mass is 1150 g/mol. The summed E-state index contributed by atoms with van der Waals surface area (Å²) in [5.74, 6) is -0.0222. The molecule has 0 rings (SSSR count). The molecule has 0 aliphatic rings. The van der Waals surface area contributed by atoms with E-state index in [1.165, 1.54) is 347 Å². The second-order valence-corrected chi connectivity index (χ2v) is 26.0. The standard InChI is InChI=1S/C76H147NO5/c1-3-5-7-9-11-13-15-17-19-21-22-23-31-34-37-40-44-48-52-56-60-64-68-74(79)73(72-78)77-75(80)69-65-61-57-53-49-45-41-38-35-32-29-27-25-24-26-28-30-33-36-39-43-47-51-55-59-63-67-71-82-76(81)70-66-62-58-54-50-46-42-20-18-16-14-12-10-8-6-4-2/h20,24-25,42,73-74,78-79H,3-19,21-23,26-41,43-72H2,1-2H3,(H,77,80)/b25-24-,42-20-. The van der Waals surface area contributed by atoms with E-state index in [2.05, 4.69) is 43.5 Å². The molecule has 1 amide bonds. The maximum absolute atomic E-state index is 12.6. The van der Waals surface area contributed by atoms with Gasteiger partial charge >= 0.3 is 5.97 Å². The summed E-state index contributed by atoms with van der Waals surface area (Å²) < 4.78 is 5.50. The number of hydrogen-bond acceptors (Lipinski definition) is 5. The normalized spacial score (nSPS) is 12.6. The fraction of sp³-hybridized carbons (Fsp3) is 0.921. The minimum atomic E-state index is -0.666. The van der Waals surface area contributed by atoms with Gasteiger partial charge in [-0.25, -0.2) is 0 Å². The van der Waals surface area contributed by atoms with Crippen molar-refractivity contribution in [2.75, 3.05) is 13.2 Å². The molecule has 0 aliphatic heterocycles. The molecule has 6 heteroatoms. The molecule has 0 spiro atoms. The summed E-state index contributed by atoms with van der Waals surface area (Å²) >= 11 is 0. The van der Waals surface area contributed by atoms with Crippen molar-refractivity contribution in [1.82, 2.24) is 5.32 Å². The number of unbranched alkanes of at least 4 members (excludes halogenated alkanes) is 56. The van der Waals surface area contributed by atoms with Crippen LogP contribution in [0.3, 0.4) is 0 Å². The van der Waals surface area contributed by atoms with Gasteiger partial charge in [0.05, 0.1) is 25.4 Å². The van der Waals surface area contributed by atoms with E-state index >= 15 is 0 Å². The number of nitrogens with one attached hydrogen (secondary N) is 1. The third-order valence-electron chi connectivity index (χ3n) is 17.7. The van der Waals surface area contributed by atoms with Gasteiger partial charge in [0, 0.05) is 12.8 Å². The molecular formula is C76H147NO5. The maximum atomic E-state index is 12.6. The molecule has 0 bridgehead atoms. The van der Waals surface area contributed by atoms with Crippen molar-refractivity contribution in [3.8, 4) is 0 Å². The Balaban J connectivity index is 3.38. The molecule has 0 radical (unpaired) electrons. The van der Waals surface area contributed by atoms with Gasteiger partial charge in [0.25, 0.3) is 0 Å². The van der Waals surface area contributed by atoms with Gasteiger partial charge in [0.1, 0.15) is 0 Å². The second kappa shape index (κ2) is 71.8. The summed E-state index contributed by atoms with van der Waals surface area (Å²) in [7, 11) is 0. The van der Waals surface area contributed by atoms with Gasteiger partial charge in [-0.3, -0.25) is 9.59 Å². The summed E-state index contributed by atoms with van der Waals surface area (Å²) in [6.45, 7) is 4.99. The molecule has 82 heavy (non-hydrogen) atoms. The Morgan fingerprint density at radius 3 is 0.866 bits per heavy atom. The van der Waals surface area contributed by atoms with Crippen LogP contribution in [0.15, 0.2) is 24.3 Å². The molecule has 3 N–H and O–H groups in total. The predicted octanol–water partition coefficient (Wildman–Crippen LogP) is 24.5. The third-order valence-corrected chi connectivity index (χ3v) is 17.7. The average molecular weight is 1160 g/mol. The lowest BCUT2D eigenvalue weighted by Gasteiger charge is -2.22. The quantitative estimate of drug-likeness (QED) is 0.0320. The molecule has 0 aliphatic carbocycles. The number of carbonyl (C=O) groups is 2. The van der Waals surface area contributed by atoms with Crippen LogP contribution >= 0.6 is 0 Å². The average Bonchev–Trinajstić information content (AvgIpc) is 3.48. The molecule has 0 aromatic rings. The molecule has 486 valence electrons. The molecule has 0 aromatic heterocycles. The molecule has 2 atom stereocenters. The lowest BCUT2D eigenvalue weighted by molar-refractivity contribution is -0.143. The first-order valence-corrected chi connectivity index (χ1v) is 37.6. The molecule has 6 nitrogen and oxygen atoms in total. The van der Waals surface area contributed by atoms with E-state index in [9.17, 15) is 19.8 Å². The van der Waals surface area contributed by atoms with E-state index in [1.54, 1.807) is 0 Å². The van der Waals surface area contributed by atoms with Crippen molar-refractivity contribution >= 4 is 11.9 Å². The smallest absolute Gasteiger partial charge is 0.305 e. The number of ether oxygens (including phenoxy) is 1. The van der Waals surface area contributed by atoms with Crippen LogP contribution in [0.25, 0.3) is 0 Å². The Morgan fingerprint density at radius 2 is 0.573 bits per heavy atom. The van der Waals surface area contributed by atoms with E-state index in [4.69, 9.17) is 4.74 Å². The first kappa shape index (κ1) is 80.3. The Hall–Kier alpha value is -1.66. The maximum Gasteiger partial charge on any atom is 0.305 e. The molecule has 0 saturated heterocycles. The van der Waals surface area contributed by atoms with Gasteiger partial charge in [-0.1, -0.05) is 359 Å². The number of allylic oxidation sites excluding steroid dienone is 4. The number of aliphatic hydroxyl groups is 2. The van der Waals surface area contributed by atoms with Crippen molar-refractivity contribution in [1.29, 1.82) is 0 Å². The van der Waals surface area contributed by atoms with Gasteiger partial charge in [-0.2, -0.15) is 0 Å². The highest BCUT2D eigenvalue weighted by atomic mass is 16.5. The van der Waals surface area contributed by atoms with Gasteiger partial charge in [0.15, 0.2) is 0 Å². The number of rotatable bonds is 71. The van der Waals surface area contributed by atoms with Gasteiger partial charge in [-0.05, 0) is 77.0 Å². The summed E-state index contributed by atoms with van der Waals surface area (Å²) in [5.41, 5.74) is 0. The molecule has 0 saturated carbocycles. The van der Waals surface area contributed by atoms with Gasteiger partial charge in [-0.15, -0.1) is 0 Å². The SMILES string of the molecule is CCCCCCCCC/C=C\CCCCCCCC(=O)OCCCCCCCCCCCCCC/C=C\CCCCCCCCCCCCCC(=O)NC(CO)C(O)CCCCCCCCCCCCCCCCCCCCCCCC. The van der Waals surface area contributed by atoms with Crippen LogP contribution < -0.4 is 5.32 Å². The van der Waals surface area contributed by atoms with Crippen LogP contribution in [-0.2, 0) is 14.3 Å². The summed E-state index contributed by atoms with van der Waals surface area (Å²) in [4.78, 5) is 24.6. The Labute approximate surface area is 513 Å². The van der Waals surface area contributed by atoms with Gasteiger partial charge in [0.2, 0.25) is 5.91 Å². The summed E-state index contributed by atoms with van der Waals surface area (Å²) in [6.07, 6.45) is 91.0. The Morgan fingerprint density at radius 1 is 0.329 bits per heavy atom. The van der Waals surface area contributed by atoms with Crippen LogP contribution in [0.5, 0.6) is 0 Å². The zero-order valence-corrected chi connectivity index (χ0v) is 55.8. The van der Waals surface area contributed by atoms with E-state index in [1.807, 2.05) is 0 Å². The number of hydrogen-bond donors (Lipinski definition) is 3. The van der Waals surface area contributed by atoms with Crippen molar-refractivity contribution in [3.05, 3.63) is 24.3 Å². The molecule has 0 aromatic carbocycles. The molecule has 2 unspecified atom stereocenters. The molecule has 0 fully saturated rings. The number of esters is 1. The largest absolute Gasteiger partial charge is 0.466 e. The van der Waals surface area contributed by atoms with Gasteiger partial charge < -0.3 is 20.3 Å². The minimum absolute atomic E-state index is 0.00874. The van der Waals surface area contributed by atoms with Crippen LogP contribution in [0.1, 0.15) is 425 Å². The number of aliphatic hydroxyl groups excluding tert-OH is 2. The van der Waals surface area contributed by atoms with E-state index in [0.717, 1.165) is 44.9 Å². The zero-order chi connectivity index (χ0) is 59.2. The van der Waals surface area contributed by atoms with Crippen LogP contribution in [0.4, 0.5) is 0 Å². The topological polar surface area (TPSA) is 95.9 Å². The predicted molar refractivity (Wildman–Crippen MR) is 361 cm³/mol. The zero-order valence-electron chi connectivity index (χ0n) is 55.8. The number of amides is 1.